The number of nitrogens with zero attached hydrogens (tertiary/aromatic N) is 1. The molecule has 0 saturated carbocycles. The number of likely N-dealkylation sites (tertiary alicyclic amines) is 1. The molecule has 4 heteroatoms. The van der Waals surface area contributed by atoms with E-state index in [1.165, 1.54) is 4.90 Å². The second kappa shape index (κ2) is 5.03. The van der Waals surface area contributed by atoms with Gasteiger partial charge >= 0.3 is 6.09 Å². The molecule has 0 radical (unpaired) electrons. The fourth-order valence-electron chi connectivity index (χ4n) is 2.21. The molecule has 1 saturated heterocycles. The van der Waals surface area contributed by atoms with E-state index in [0.717, 1.165) is 5.56 Å². The largest absolute Gasteiger partial charge is 0.443 e. The van der Waals surface area contributed by atoms with Gasteiger partial charge in [-0.25, -0.2) is 9.69 Å². The molecule has 1 heterocycles. The zero-order valence-electron chi connectivity index (χ0n) is 11.6. The minimum Gasteiger partial charge on any atom is -0.443 e. The lowest BCUT2D eigenvalue weighted by Gasteiger charge is -2.27. The summed E-state index contributed by atoms with van der Waals surface area (Å²) in [6.07, 6.45) is 0.491. The number of carbonyl (C=O) groups is 2. The normalized spacial score (nSPS) is 19.6. The van der Waals surface area contributed by atoms with E-state index in [2.05, 4.69) is 0 Å². The van der Waals surface area contributed by atoms with E-state index in [4.69, 9.17) is 4.74 Å². The van der Waals surface area contributed by atoms with Gasteiger partial charge < -0.3 is 4.74 Å². The van der Waals surface area contributed by atoms with Crippen LogP contribution in [0.15, 0.2) is 30.3 Å². The van der Waals surface area contributed by atoms with Crippen molar-refractivity contribution in [2.45, 2.75) is 45.3 Å². The van der Waals surface area contributed by atoms with Crippen molar-refractivity contribution in [2.24, 2.45) is 0 Å². The molecule has 0 bridgehead atoms. The molecule has 2 amide bonds. The molecule has 1 aromatic rings. The number of benzene rings is 1. The topological polar surface area (TPSA) is 46.6 Å². The van der Waals surface area contributed by atoms with E-state index in [0.29, 0.717) is 12.8 Å². The van der Waals surface area contributed by atoms with Crippen LogP contribution in [0.4, 0.5) is 4.79 Å². The van der Waals surface area contributed by atoms with Crippen LogP contribution in [0.5, 0.6) is 0 Å². The van der Waals surface area contributed by atoms with Crippen molar-refractivity contribution < 1.29 is 14.3 Å². The first-order valence-corrected chi connectivity index (χ1v) is 6.48. The van der Waals surface area contributed by atoms with Gasteiger partial charge in [0, 0.05) is 6.42 Å². The smallest absolute Gasteiger partial charge is 0.417 e. The zero-order valence-corrected chi connectivity index (χ0v) is 11.6. The van der Waals surface area contributed by atoms with E-state index < -0.39 is 11.7 Å². The summed E-state index contributed by atoms with van der Waals surface area (Å²) < 4.78 is 5.31. The van der Waals surface area contributed by atoms with Crippen molar-refractivity contribution >= 4 is 12.0 Å². The Labute approximate surface area is 113 Å². The van der Waals surface area contributed by atoms with Gasteiger partial charge in [-0.05, 0) is 32.8 Å². The van der Waals surface area contributed by atoms with Crippen molar-refractivity contribution in [3.8, 4) is 0 Å². The van der Waals surface area contributed by atoms with E-state index >= 15 is 0 Å². The van der Waals surface area contributed by atoms with Crippen LogP contribution in [0.1, 0.15) is 45.2 Å². The summed E-state index contributed by atoms with van der Waals surface area (Å²) in [5.74, 6) is -0.164. The number of rotatable bonds is 1. The summed E-state index contributed by atoms with van der Waals surface area (Å²) in [5, 5.41) is 0. The van der Waals surface area contributed by atoms with Crippen molar-refractivity contribution in [3.63, 3.8) is 0 Å². The molecule has 1 aliphatic heterocycles. The predicted octanol–water partition coefficient (Wildman–Crippen LogP) is 3.29. The summed E-state index contributed by atoms with van der Waals surface area (Å²) in [5.41, 5.74) is 0.375. The quantitative estimate of drug-likeness (QED) is 0.779. The average molecular weight is 261 g/mol. The lowest BCUT2D eigenvalue weighted by molar-refractivity contribution is -0.128. The van der Waals surface area contributed by atoms with Gasteiger partial charge in [0.2, 0.25) is 5.91 Å². The predicted molar refractivity (Wildman–Crippen MR) is 71.5 cm³/mol. The maximum absolute atomic E-state index is 12.1. The van der Waals surface area contributed by atoms with Gasteiger partial charge in [-0.15, -0.1) is 0 Å². The van der Waals surface area contributed by atoms with Gasteiger partial charge in [0.25, 0.3) is 0 Å². The van der Waals surface area contributed by atoms with Crippen LogP contribution in [-0.4, -0.2) is 22.5 Å². The maximum atomic E-state index is 12.1. The first-order chi connectivity index (χ1) is 8.88. The number of carbonyl (C=O) groups excluding carboxylic acids is 2. The number of amides is 2. The molecule has 0 aromatic heterocycles. The third-order valence-corrected chi connectivity index (χ3v) is 2.99. The Hall–Kier alpha value is -1.84. The first-order valence-electron chi connectivity index (χ1n) is 6.48. The van der Waals surface area contributed by atoms with Crippen molar-refractivity contribution in [2.75, 3.05) is 0 Å². The Morgan fingerprint density at radius 1 is 1.26 bits per heavy atom. The maximum Gasteiger partial charge on any atom is 0.417 e. The molecule has 1 aromatic carbocycles. The minimum absolute atomic E-state index is 0.164. The van der Waals surface area contributed by atoms with Crippen molar-refractivity contribution in [1.82, 2.24) is 4.90 Å². The Balaban J connectivity index is 2.21. The van der Waals surface area contributed by atoms with E-state index in [1.54, 1.807) is 20.8 Å². The van der Waals surface area contributed by atoms with E-state index in [9.17, 15) is 9.59 Å². The van der Waals surface area contributed by atoms with Gasteiger partial charge in [0.15, 0.2) is 0 Å². The lowest BCUT2D eigenvalue weighted by Crippen LogP contribution is -2.38. The molecule has 19 heavy (non-hydrogen) atoms. The average Bonchev–Trinajstić information content (AvgIpc) is 2.70. The molecule has 0 N–H and O–H groups in total. The number of ether oxygens (including phenoxy) is 1. The molecule has 0 spiro atoms. The Bertz CT molecular complexity index is 476. The van der Waals surface area contributed by atoms with Gasteiger partial charge in [0.1, 0.15) is 5.60 Å². The standard InChI is InChI=1S/C15H19NO3/c1-15(2,3)19-14(18)16-12(9-10-13(16)17)11-7-5-4-6-8-11/h4-8,12H,9-10H2,1-3H3. The summed E-state index contributed by atoms with van der Waals surface area (Å²) in [6, 6.07) is 9.39. The number of hydrogen-bond donors (Lipinski definition) is 0. The molecular weight excluding hydrogens is 242 g/mol. The van der Waals surface area contributed by atoms with Crippen LogP contribution in [0.2, 0.25) is 0 Å². The third-order valence-electron chi connectivity index (χ3n) is 2.99. The fourth-order valence-corrected chi connectivity index (χ4v) is 2.21. The molecule has 4 nitrogen and oxygen atoms in total. The van der Waals surface area contributed by atoms with Crippen LogP contribution in [0.3, 0.4) is 0 Å². The molecule has 1 fully saturated rings. The van der Waals surface area contributed by atoms with Crippen molar-refractivity contribution in [3.05, 3.63) is 35.9 Å². The molecular formula is C15H19NO3. The highest BCUT2D eigenvalue weighted by atomic mass is 16.6. The monoisotopic (exact) mass is 261 g/mol. The summed E-state index contributed by atoms with van der Waals surface area (Å²) in [6.45, 7) is 5.38. The molecule has 0 aliphatic carbocycles. The number of hydrogen-bond acceptors (Lipinski definition) is 3. The molecule has 1 atom stereocenters. The first kappa shape index (κ1) is 13.6. The highest BCUT2D eigenvalue weighted by molar-refractivity contribution is 5.94. The van der Waals surface area contributed by atoms with Crippen LogP contribution in [0, 0.1) is 0 Å². The Kier molecular flexibility index (Phi) is 3.60. The second-order valence-electron chi connectivity index (χ2n) is 5.71. The van der Waals surface area contributed by atoms with Crippen LogP contribution < -0.4 is 0 Å². The minimum atomic E-state index is -0.596. The summed E-state index contributed by atoms with van der Waals surface area (Å²) in [4.78, 5) is 25.3. The van der Waals surface area contributed by atoms with Gasteiger partial charge in [0.05, 0.1) is 6.04 Å². The fraction of sp³-hybridized carbons (Fsp3) is 0.467. The van der Waals surface area contributed by atoms with Crippen LogP contribution >= 0.6 is 0 Å². The third kappa shape index (κ3) is 3.13. The zero-order chi connectivity index (χ0) is 14.0. The van der Waals surface area contributed by atoms with Gasteiger partial charge in [-0.1, -0.05) is 30.3 Å². The Morgan fingerprint density at radius 3 is 2.47 bits per heavy atom. The highest BCUT2D eigenvalue weighted by Crippen LogP contribution is 2.33. The van der Waals surface area contributed by atoms with Gasteiger partial charge in [-0.2, -0.15) is 0 Å². The highest BCUT2D eigenvalue weighted by Gasteiger charge is 2.39. The Morgan fingerprint density at radius 2 is 1.89 bits per heavy atom. The summed E-state index contributed by atoms with van der Waals surface area (Å²) in [7, 11) is 0. The molecule has 2 rings (SSSR count). The summed E-state index contributed by atoms with van der Waals surface area (Å²) >= 11 is 0. The van der Waals surface area contributed by atoms with Crippen LogP contribution in [0.25, 0.3) is 0 Å². The number of imide groups is 1. The van der Waals surface area contributed by atoms with Crippen molar-refractivity contribution in [1.29, 1.82) is 0 Å². The van der Waals surface area contributed by atoms with E-state index in [1.807, 2.05) is 30.3 Å². The SMILES string of the molecule is CC(C)(C)OC(=O)N1C(=O)CCC1c1ccccc1. The molecule has 1 aliphatic rings. The second-order valence-corrected chi connectivity index (χ2v) is 5.71. The molecule has 102 valence electrons. The molecule has 1 unspecified atom stereocenters. The lowest BCUT2D eigenvalue weighted by atomic mass is 10.1. The van der Waals surface area contributed by atoms with E-state index in [-0.39, 0.29) is 11.9 Å². The van der Waals surface area contributed by atoms with Crippen LogP contribution in [-0.2, 0) is 9.53 Å². The van der Waals surface area contributed by atoms with Gasteiger partial charge in [-0.3, -0.25) is 4.79 Å².